The number of nitrogens with one attached hydrogen (secondary N) is 2. The summed E-state index contributed by atoms with van der Waals surface area (Å²) < 4.78 is 5.64. The number of hydrogen-bond donors (Lipinski definition) is 2. The molecule has 5 heteroatoms. The van der Waals surface area contributed by atoms with Crippen molar-refractivity contribution >= 4 is 17.5 Å². The highest BCUT2D eigenvalue weighted by atomic mass is 16.5. The van der Waals surface area contributed by atoms with E-state index in [0.29, 0.717) is 29.8 Å². The zero-order chi connectivity index (χ0) is 21.3. The first-order valence-electron chi connectivity index (χ1n) is 10.0. The Morgan fingerprint density at radius 1 is 0.833 bits per heavy atom. The topological polar surface area (TPSA) is 67.4 Å². The van der Waals surface area contributed by atoms with Crippen LogP contribution in [0.4, 0.5) is 5.69 Å². The lowest BCUT2D eigenvalue weighted by Crippen LogP contribution is -2.27. The smallest absolute Gasteiger partial charge is 0.255 e. The molecule has 3 aromatic carbocycles. The lowest BCUT2D eigenvalue weighted by atomic mass is 10.1. The molecule has 0 aromatic heterocycles. The van der Waals surface area contributed by atoms with Gasteiger partial charge in [-0.05, 0) is 62.2 Å². The maximum atomic E-state index is 12.7. The summed E-state index contributed by atoms with van der Waals surface area (Å²) in [5.41, 5.74) is 2.57. The number of carbonyl (C=O) groups excluding carboxylic acids is 2. The fourth-order valence-corrected chi connectivity index (χ4v) is 3.00. The molecule has 30 heavy (non-hydrogen) atoms. The third kappa shape index (κ3) is 5.95. The molecule has 0 heterocycles. The zero-order valence-electron chi connectivity index (χ0n) is 17.2. The molecule has 2 amide bonds. The SMILES string of the molecule is CC(C)Oc1ccc(CCNC(=O)c2ccccc2NC(=O)c2ccccc2)cc1. The fraction of sp³-hybridized carbons (Fsp3) is 0.200. The van der Waals surface area contributed by atoms with Crippen LogP contribution in [0.2, 0.25) is 0 Å². The Labute approximate surface area is 177 Å². The maximum Gasteiger partial charge on any atom is 0.255 e. The van der Waals surface area contributed by atoms with Gasteiger partial charge in [0.2, 0.25) is 0 Å². The van der Waals surface area contributed by atoms with Gasteiger partial charge in [0, 0.05) is 12.1 Å². The van der Waals surface area contributed by atoms with E-state index in [0.717, 1.165) is 11.3 Å². The summed E-state index contributed by atoms with van der Waals surface area (Å²) in [6.45, 7) is 4.47. The molecular formula is C25H26N2O3. The van der Waals surface area contributed by atoms with Crippen LogP contribution in [0.1, 0.15) is 40.1 Å². The van der Waals surface area contributed by atoms with E-state index in [4.69, 9.17) is 4.74 Å². The quantitative estimate of drug-likeness (QED) is 0.574. The molecule has 2 N–H and O–H groups in total. The molecule has 0 fully saturated rings. The molecule has 0 unspecified atom stereocenters. The van der Waals surface area contributed by atoms with Crippen molar-refractivity contribution in [2.75, 3.05) is 11.9 Å². The van der Waals surface area contributed by atoms with Gasteiger partial charge in [-0.15, -0.1) is 0 Å². The second-order valence-corrected chi connectivity index (χ2v) is 7.18. The molecule has 5 nitrogen and oxygen atoms in total. The highest BCUT2D eigenvalue weighted by Gasteiger charge is 2.13. The molecule has 0 aliphatic carbocycles. The van der Waals surface area contributed by atoms with Crippen molar-refractivity contribution < 1.29 is 14.3 Å². The predicted molar refractivity (Wildman–Crippen MR) is 119 cm³/mol. The minimum absolute atomic E-state index is 0.137. The van der Waals surface area contributed by atoms with E-state index in [1.54, 1.807) is 48.5 Å². The molecule has 0 saturated carbocycles. The summed E-state index contributed by atoms with van der Waals surface area (Å²) >= 11 is 0. The van der Waals surface area contributed by atoms with Crippen molar-refractivity contribution in [2.24, 2.45) is 0 Å². The van der Waals surface area contributed by atoms with Crippen LogP contribution in [0.25, 0.3) is 0 Å². The van der Waals surface area contributed by atoms with Crippen molar-refractivity contribution in [1.29, 1.82) is 0 Å². The van der Waals surface area contributed by atoms with E-state index in [-0.39, 0.29) is 17.9 Å². The number of carbonyl (C=O) groups is 2. The number of hydrogen-bond acceptors (Lipinski definition) is 3. The highest BCUT2D eigenvalue weighted by Crippen LogP contribution is 2.17. The Hall–Kier alpha value is -3.60. The molecule has 3 rings (SSSR count). The largest absolute Gasteiger partial charge is 0.491 e. The van der Waals surface area contributed by atoms with Gasteiger partial charge >= 0.3 is 0 Å². The minimum Gasteiger partial charge on any atom is -0.491 e. The standard InChI is InChI=1S/C25H26N2O3/c1-18(2)30-21-14-12-19(13-15-21)16-17-26-25(29)22-10-6-7-11-23(22)27-24(28)20-8-4-3-5-9-20/h3-15,18H,16-17H2,1-2H3,(H,26,29)(H,27,28). The van der Waals surface area contributed by atoms with Gasteiger partial charge in [-0.2, -0.15) is 0 Å². The molecule has 0 aliphatic heterocycles. The molecular weight excluding hydrogens is 376 g/mol. The first-order valence-corrected chi connectivity index (χ1v) is 10.0. The van der Waals surface area contributed by atoms with Crippen LogP contribution in [0.5, 0.6) is 5.75 Å². The molecule has 154 valence electrons. The minimum atomic E-state index is -0.250. The Kier molecular flexibility index (Phi) is 7.22. The Balaban J connectivity index is 1.57. The third-order valence-electron chi connectivity index (χ3n) is 4.45. The van der Waals surface area contributed by atoms with Gasteiger partial charge in [0.05, 0.1) is 17.4 Å². The van der Waals surface area contributed by atoms with Crippen LogP contribution in [-0.4, -0.2) is 24.5 Å². The lowest BCUT2D eigenvalue weighted by Gasteiger charge is -2.12. The third-order valence-corrected chi connectivity index (χ3v) is 4.45. The van der Waals surface area contributed by atoms with Gasteiger partial charge in [-0.1, -0.05) is 42.5 Å². The van der Waals surface area contributed by atoms with Crippen molar-refractivity contribution in [3.8, 4) is 5.75 Å². The monoisotopic (exact) mass is 402 g/mol. The average Bonchev–Trinajstić information content (AvgIpc) is 2.75. The summed E-state index contributed by atoms with van der Waals surface area (Å²) in [5.74, 6) is 0.360. The Morgan fingerprint density at radius 3 is 2.20 bits per heavy atom. The van der Waals surface area contributed by atoms with Crippen LogP contribution in [0, 0.1) is 0 Å². The lowest BCUT2D eigenvalue weighted by molar-refractivity contribution is 0.0955. The highest BCUT2D eigenvalue weighted by molar-refractivity contribution is 6.08. The van der Waals surface area contributed by atoms with Crippen LogP contribution in [0.3, 0.4) is 0 Å². The van der Waals surface area contributed by atoms with Crippen molar-refractivity contribution in [3.63, 3.8) is 0 Å². The van der Waals surface area contributed by atoms with Crippen LogP contribution in [0.15, 0.2) is 78.9 Å². The Morgan fingerprint density at radius 2 is 1.50 bits per heavy atom. The number of anilines is 1. The van der Waals surface area contributed by atoms with Gasteiger partial charge in [0.25, 0.3) is 11.8 Å². The number of para-hydroxylation sites is 1. The second kappa shape index (κ2) is 10.3. The fourth-order valence-electron chi connectivity index (χ4n) is 3.00. The second-order valence-electron chi connectivity index (χ2n) is 7.18. The summed E-state index contributed by atoms with van der Waals surface area (Å²) in [5, 5.41) is 5.75. The van der Waals surface area contributed by atoms with E-state index in [1.165, 1.54) is 0 Å². The number of benzene rings is 3. The summed E-state index contributed by atoms with van der Waals surface area (Å²) in [6, 6.07) is 23.8. The number of ether oxygens (including phenoxy) is 1. The zero-order valence-corrected chi connectivity index (χ0v) is 17.2. The van der Waals surface area contributed by atoms with Gasteiger partial charge in [0.15, 0.2) is 0 Å². The first-order chi connectivity index (χ1) is 14.5. The molecule has 0 atom stereocenters. The molecule has 3 aromatic rings. The Bertz CT molecular complexity index is 983. The number of amides is 2. The van der Waals surface area contributed by atoms with E-state index in [1.807, 2.05) is 44.2 Å². The average molecular weight is 402 g/mol. The molecule has 0 saturated heterocycles. The van der Waals surface area contributed by atoms with Gasteiger partial charge in [-0.25, -0.2) is 0 Å². The number of rotatable bonds is 8. The molecule has 0 radical (unpaired) electrons. The van der Waals surface area contributed by atoms with E-state index in [9.17, 15) is 9.59 Å². The maximum absolute atomic E-state index is 12.7. The first kappa shape index (κ1) is 21.1. The van der Waals surface area contributed by atoms with Crippen molar-refractivity contribution in [3.05, 3.63) is 95.6 Å². The summed E-state index contributed by atoms with van der Waals surface area (Å²) in [7, 11) is 0. The van der Waals surface area contributed by atoms with Gasteiger partial charge in [0.1, 0.15) is 5.75 Å². The van der Waals surface area contributed by atoms with E-state index < -0.39 is 0 Å². The molecule has 0 aliphatic rings. The van der Waals surface area contributed by atoms with Gasteiger partial charge < -0.3 is 15.4 Å². The van der Waals surface area contributed by atoms with E-state index in [2.05, 4.69) is 10.6 Å². The van der Waals surface area contributed by atoms with Crippen LogP contribution in [-0.2, 0) is 6.42 Å². The normalized spacial score (nSPS) is 10.5. The van der Waals surface area contributed by atoms with Gasteiger partial charge in [-0.3, -0.25) is 9.59 Å². The molecule has 0 bridgehead atoms. The molecule has 0 spiro atoms. The summed E-state index contributed by atoms with van der Waals surface area (Å²) in [4.78, 5) is 25.1. The van der Waals surface area contributed by atoms with E-state index >= 15 is 0 Å². The summed E-state index contributed by atoms with van der Waals surface area (Å²) in [6.07, 6.45) is 0.837. The predicted octanol–water partition coefficient (Wildman–Crippen LogP) is 4.70. The van der Waals surface area contributed by atoms with Crippen molar-refractivity contribution in [1.82, 2.24) is 5.32 Å². The van der Waals surface area contributed by atoms with Crippen LogP contribution >= 0.6 is 0 Å². The van der Waals surface area contributed by atoms with Crippen molar-refractivity contribution in [2.45, 2.75) is 26.4 Å². The van der Waals surface area contributed by atoms with Crippen LogP contribution < -0.4 is 15.4 Å².